The van der Waals surface area contributed by atoms with Gasteiger partial charge in [-0.1, -0.05) is 25.1 Å². The second-order valence-corrected chi connectivity index (χ2v) is 5.61. The molecule has 2 aromatic rings. The van der Waals surface area contributed by atoms with E-state index in [1.54, 1.807) is 0 Å². The number of hydrogen-bond donors (Lipinski definition) is 1. The van der Waals surface area contributed by atoms with Crippen molar-refractivity contribution in [3.8, 4) is 11.1 Å². The summed E-state index contributed by atoms with van der Waals surface area (Å²) in [5, 5.41) is 3.67. The first kappa shape index (κ1) is 13.3. The predicted octanol–water partition coefficient (Wildman–Crippen LogP) is 4.04. The molecule has 1 aliphatic rings. The Kier molecular flexibility index (Phi) is 3.83. The lowest BCUT2D eigenvalue weighted by molar-refractivity contribution is 0.529. The fraction of sp³-hybridized carbons (Fsp3) is 0.389. The van der Waals surface area contributed by atoms with Gasteiger partial charge < -0.3 is 5.32 Å². The van der Waals surface area contributed by atoms with Gasteiger partial charge in [-0.15, -0.1) is 0 Å². The highest BCUT2D eigenvalue weighted by atomic mass is 14.9. The molecule has 1 heterocycles. The van der Waals surface area contributed by atoms with Gasteiger partial charge in [0.2, 0.25) is 0 Å². The van der Waals surface area contributed by atoms with E-state index in [0.717, 1.165) is 6.54 Å². The van der Waals surface area contributed by atoms with Crippen LogP contribution in [0.15, 0.2) is 36.7 Å². The van der Waals surface area contributed by atoms with Crippen molar-refractivity contribution >= 4 is 0 Å². The van der Waals surface area contributed by atoms with E-state index >= 15 is 0 Å². The Morgan fingerprint density at radius 3 is 2.95 bits per heavy atom. The van der Waals surface area contributed by atoms with E-state index in [0.29, 0.717) is 6.04 Å². The highest BCUT2D eigenvalue weighted by Gasteiger charge is 2.24. The molecule has 0 bridgehead atoms. The summed E-state index contributed by atoms with van der Waals surface area (Å²) < 4.78 is 0. The lowest BCUT2D eigenvalue weighted by Gasteiger charge is -2.15. The SMILES string of the molecule is CCCNC1CCc2c(-c3ccncc3C)cccc21. The summed E-state index contributed by atoms with van der Waals surface area (Å²) in [6, 6.07) is 9.41. The molecule has 0 radical (unpaired) electrons. The summed E-state index contributed by atoms with van der Waals surface area (Å²) in [7, 11) is 0. The minimum absolute atomic E-state index is 0.534. The Morgan fingerprint density at radius 2 is 2.15 bits per heavy atom. The van der Waals surface area contributed by atoms with Crippen LogP contribution in [0.5, 0.6) is 0 Å². The Hall–Kier alpha value is -1.67. The number of benzene rings is 1. The van der Waals surface area contributed by atoms with Crippen LogP contribution in [0.4, 0.5) is 0 Å². The molecule has 0 amide bonds. The maximum Gasteiger partial charge on any atom is 0.0326 e. The smallest absolute Gasteiger partial charge is 0.0326 e. The Balaban J connectivity index is 2.00. The van der Waals surface area contributed by atoms with Crippen molar-refractivity contribution in [2.75, 3.05) is 6.54 Å². The van der Waals surface area contributed by atoms with E-state index in [1.807, 2.05) is 12.4 Å². The quantitative estimate of drug-likeness (QED) is 0.903. The van der Waals surface area contributed by atoms with Gasteiger partial charge in [0.05, 0.1) is 0 Å². The van der Waals surface area contributed by atoms with Crippen LogP contribution in [0.3, 0.4) is 0 Å². The van der Waals surface area contributed by atoms with Gasteiger partial charge in [0.15, 0.2) is 0 Å². The topological polar surface area (TPSA) is 24.9 Å². The predicted molar refractivity (Wildman–Crippen MR) is 83.8 cm³/mol. The fourth-order valence-corrected chi connectivity index (χ4v) is 3.21. The minimum atomic E-state index is 0.534. The largest absolute Gasteiger partial charge is 0.310 e. The van der Waals surface area contributed by atoms with Crippen LogP contribution in [-0.4, -0.2) is 11.5 Å². The van der Waals surface area contributed by atoms with Crippen LogP contribution < -0.4 is 5.32 Å². The second-order valence-electron chi connectivity index (χ2n) is 5.61. The Labute approximate surface area is 121 Å². The molecule has 1 aliphatic carbocycles. The van der Waals surface area contributed by atoms with Crippen molar-refractivity contribution in [2.24, 2.45) is 0 Å². The summed E-state index contributed by atoms with van der Waals surface area (Å²) in [4.78, 5) is 4.21. The minimum Gasteiger partial charge on any atom is -0.310 e. The first-order chi connectivity index (χ1) is 9.81. The molecule has 0 fully saturated rings. The molecule has 3 rings (SSSR count). The van der Waals surface area contributed by atoms with Gasteiger partial charge in [-0.05, 0) is 66.6 Å². The van der Waals surface area contributed by atoms with Crippen molar-refractivity contribution in [1.29, 1.82) is 0 Å². The van der Waals surface area contributed by atoms with Gasteiger partial charge in [0, 0.05) is 18.4 Å². The molecule has 2 heteroatoms. The number of aromatic nitrogens is 1. The van der Waals surface area contributed by atoms with Crippen molar-refractivity contribution in [3.05, 3.63) is 53.3 Å². The molecule has 20 heavy (non-hydrogen) atoms. The van der Waals surface area contributed by atoms with Crippen LogP contribution in [0.1, 0.15) is 42.5 Å². The molecule has 1 atom stereocenters. The van der Waals surface area contributed by atoms with E-state index in [9.17, 15) is 0 Å². The van der Waals surface area contributed by atoms with E-state index in [-0.39, 0.29) is 0 Å². The molecule has 0 saturated carbocycles. The molecular formula is C18H22N2. The van der Waals surface area contributed by atoms with E-state index < -0.39 is 0 Å². The van der Waals surface area contributed by atoms with Gasteiger partial charge >= 0.3 is 0 Å². The summed E-state index contributed by atoms with van der Waals surface area (Å²) >= 11 is 0. The summed E-state index contributed by atoms with van der Waals surface area (Å²) in [6.45, 7) is 5.46. The number of hydrogen-bond acceptors (Lipinski definition) is 2. The molecular weight excluding hydrogens is 244 g/mol. The van der Waals surface area contributed by atoms with Crippen molar-refractivity contribution < 1.29 is 0 Å². The fourth-order valence-electron chi connectivity index (χ4n) is 3.21. The van der Waals surface area contributed by atoms with Gasteiger partial charge in [-0.25, -0.2) is 0 Å². The zero-order chi connectivity index (χ0) is 13.9. The number of nitrogens with one attached hydrogen (secondary N) is 1. The highest BCUT2D eigenvalue weighted by molar-refractivity contribution is 5.72. The second kappa shape index (κ2) is 5.76. The van der Waals surface area contributed by atoms with Crippen LogP contribution in [0.25, 0.3) is 11.1 Å². The molecule has 0 aliphatic heterocycles. The Bertz CT molecular complexity index is 604. The zero-order valence-electron chi connectivity index (χ0n) is 12.3. The molecule has 1 N–H and O–H groups in total. The van der Waals surface area contributed by atoms with Gasteiger partial charge in [0.1, 0.15) is 0 Å². The summed E-state index contributed by atoms with van der Waals surface area (Å²) in [5.41, 5.74) is 6.99. The monoisotopic (exact) mass is 266 g/mol. The maximum absolute atomic E-state index is 4.21. The van der Waals surface area contributed by atoms with E-state index in [1.165, 1.54) is 47.1 Å². The maximum atomic E-state index is 4.21. The number of pyridine rings is 1. The van der Waals surface area contributed by atoms with E-state index in [4.69, 9.17) is 0 Å². The molecule has 1 aromatic carbocycles. The first-order valence-corrected chi connectivity index (χ1v) is 7.57. The van der Waals surface area contributed by atoms with Crippen molar-refractivity contribution in [1.82, 2.24) is 10.3 Å². The van der Waals surface area contributed by atoms with Crippen molar-refractivity contribution in [2.45, 2.75) is 39.2 Å². The molecule has 2 nitrogen and oxygen atoms in total. The van der Waals surface area contributed by atoms with Gasteiger partial charge in [-0.2, -0.15) is 0 Å². The molecule has 0 spiro atoms. The molecule has 0 saturated heterocycles. The van der Waals surface area contributed by atoms with Crippen LogP contribution in [0, 0.1) is 6.92 Å². The van der Waals surface area contributed by atoms with Gasteiger partial charge in [0.25, 0.3) is 0 Å². The summed E-state index contributed by atoms with van der Waals surface area (Å²) in [5.74, 6) is 0. The van der Waals surface area contributed by atoms with Crippen LogP contribution >= 0.6 is 0 Å². The van der Waals surface area contributed by atoms with E-state index in [2.05, 4.69) is 48.4 Å². The lowest BCUT2D eigenvalue weighted by Crippen LogP contribution is -2.19. The highest BCUT2D eigenvalue weighted by Crippen LogP contribution is 2.38. The van der Waals surface area contributed by atoms with Crippen LogP contribution in [-0.2, 0) is 6.42 Å². The van der Waals surface area contributed by atoms with Gasteiger partial charge in [-0.3, -0.25) is 4.98 Å². The number of rotatable bonds is 4. The molecule has 104 valence electrons. The number of aryl methyl sites for hydroxylation is 1. The lowest BCUT2D eigenvalue weighted by atomic mass is 9.94. The number of fused-ring (bicyclic) bond motifs is 1. The van der Waals surface area contributed by atoms with Crippen LogP contribution in [0.2, 0.25) is 0 Å². The Morgan fingerprint density at radius 1 is 1.25 bits per heavy atom. The number of nitrogens with zero attached hydrogens (tertiary/aromatic N) is 1. The third kappa shape index (κ3) is 2.36. The molecule has 1 aromatic heterocycles. The first-order valence-electron chi connectivity index (χ1n) is 7.57. The third-order valence-electron chi connectivity index (χ3n) is 4.22. The average Bonchev–Trinajstić information content (AvgIpc) is 2.89. The van der Waals surface area contributed by atoms with Crippen molar-refractivity contribution in [3.63, 3.8) is 0 Å². The zero-order valence-corrected chi connectivity index (χ0v) is 12.3. The third-order valence-corrected chi connectivity index (χ3v) is 4.22. The molecule has 1 unspecified atom stereocenters. The standard InChI is InChI=1S/C18H22N2/c1-3-10-20-18-8-7-16-15(5-4-6-17(16)18)14-9-11-19-12-13(14)2/h4-6,9,11-12,18,20H,3,7-8,10H2,1-2H3. The summed E-state index contributed by atoms with van der Waals surface area (Å²) in [6.07, 6.45) is 7.43. The average molecular weight is 266 g/mol. The normalized spacial score (nSPS) is 17.2.